The largest absolute Gasteiger partial charge is 0.356 e. The lowest BCUT2D eigenvalue weighted by atomic mass is 9.97. The van der Waals surface area contributed by atoms with Crippen molar-refractivity contribution in [1.29, 1.82) is 0 Å². The van der Waals surface area contributed by atoms with E-state index in [2.05, 4.69) is 12.2 Å². The molecule has 0 saturated heterocycles. The molecule has 0 bridgehead atoms. The molecular weight excluding hydrogens is 317 g/mol. The minimum absolute atomic E-state index is 0.0569. The highest BCUT2D eigenvalue weighted by Gasteiger charge is 2.10. The van der Waals surface area contributed by atoms with E-state index < -0.39 is 0 Å². The molecule has 22 heavy (non-hydrogen) atoms. The van der Waals surface area contributed by atoms with Crippen LogP contribution in [0, 0.1) is 0 Å². The number of nitrogens with one attached hydrogen (secondary N) is 1. The van der Waals surface area contributed by atoms with E-state index in [0.717, 1.165) is 5.56 Å². The van der Waals surface area contributed by atoms with Crippen LogP contribution in [0.15, 0.2) is 48.5 Å². The number of amides is 1. The SMILES string of the molecule is CC(CC(=O)NCCc1ccc(Cl)cc1Cl)c1ccccc1. The van der Waals surface area contributed by atoms with Gasteiger partial charge in [0.05, 0.1) is 0 Å². The smallest absolute Gasteiger partial charge is 0.220 e. The van der Waals surface area contributed by atoms with Crippen molar-refractivity contribution in [1.82, 2.24) is 5.32 Å². The third-order valence-corrected chi connectivity index (χ3v) is 4.18. The molecule has 1 unspecified atom stereocenters. The highest BCUT2D eigenvalue weighted by atomic mass is 35.5. The number of carbonyl (C=O) groups excluding carboxylic acids is 1. The fraction of sp³-hybridized carbons (Fsp3) is 0.278. The minimum atomic E-state index is 0.0569. The Balaban J connectivity index is 1.78. The predicted molar refractivity (Wildman–Crippen MR) is 92.6 cm³/mol. The van der Waals surface area contributed by atoms with E-state index in [0.29, 0.717) is 29.4 Å². The molecule has 1 amide bonds. The molecule has 1 atom stereocenters. The van der Waals surface area contributed by atoms with Crippen LogP contribution in [-0.2, 0) is 11.2 Å². The van der Waals surface area contributed by atoms with Crippen molar-refractivity contribution >= 4 is 29.1 Å². The van der Waals surface area contributed by atoms with Gasteiger partial charge in [0, 0.05) is 23.0 Å². The highest BCUT2D eigenvalue weighted by molar-refractivity contribution is 6.35. The summed E-state index contributed by atoms with van der Waals surface area (Å²) in [6.07, 6.45) is 1.18. The summed E-state index contributed by atoms with van der Waals surface area (Å²) in [6.45, 7) is 2.63. The van der Waals surface area contributed by atoms with Crippen molar-refractivity contribution in [2.75, 3.05) is 6.54 Å². The summed E-state index contributed by atoms with van der Waals surface area (Å²) in [7, 11) is 0. The van der Waals surface area contributed by atoms with Crippen LogP contribution in [0.1, 0.15) is 30.4 Å². The van der Waals surface area contributed by atoms with E-state index in [-0.39, 0.29) is 11.8 Å². The quantitative estimate of drug-likeness (QED) is 0.803. The number of benzene rings is 2. The van der Waals surface area contributed by atoms with Crippen LogP contribution in [0.4, 0.5) is 0 Å². The zero-order valence-corrected chi connectivity index (χ0v) is 14.0. The van der Waals surface area contributed by atoms with Crippen molar-refractivity contribution in [2.24, 2.45) is 0 Å². The third-order valence-electron chi connectivity index (χ3n) is 3.59. The fourth-order valence-electron chi connectivity index (χ4n) is 2.31. The summed E-state index contributed by atoms with van der Waals surface area (Å²) in [5, 5.41) is 4.20. The van der Waals surface area contributed by atoms with Crippen LogP contribution < -0.4 is 5.32 Å². The maximum absolute atomic E-state index is 12.0. The molecule has 2 nitrogen and oxygen atoms in total. The summed E-state index contributed by atoms with van der Waals surface area (Å²) in [5.41, 5.74) is 2.17. The van der Waals surface area contributed by atoms with Crippen molar-refractivity contribution in [3.8, 4) is 0 Å². The normalized spacial score (nSPS) is 12.0. The Morgan fingerprint density at radius 1 is 1.14 bits per heavy atom. The second-order valence-electron chi connectivity index (χ2n) is 5.35. The van der Waals surface area contributed by atoms with E-state index >= 15 is 0 Å². The van der Waals surface area contributed by atoms with Crippen LogP contribution in [0.5, 0.6) is 0 Å². The highest BCUT2D eigenvalue weighted by Crippen LogP contribution is 2.21. The van der Waals surface area contributed by atoms with E-state index in [1.807, 2.05) is 42.5 Å². The van der Waals surface area contributed by atoms with E-state index in [1.165, 1.54) is 5.56 Å². The van der Waals surface area contributed by atoms with Gasteiger partial charge in [0.2, 0.25) is 5.91 Å². The number of halogens is 2. The predicted octanol–water partition coefficient (Wildman–Crippen LogP) is 4.85. The number of carbonyl (C=O) groups is 1. The van der Waals surface area contributed by atoms with E-state index in [1.54, 1.807) is 6.07 Å². The monoisotopic (exact) mass is 335 g/mol. The van der Waals surface area contributed by atoms with Crippen molar-refractivity contribution in [3.63, 3.8) is 0 Å². The molecule has 0 heterocycles. The van der Waals surface area contributed by atoms with Gasteiger partial charge in [0.1, 0.15) is 0 Å². The van der Waals surface area contributed by atoms with Gasteiger partial charge in [-0.25, -0.2) is 0 Å². The van der Waals surface area contributed by atoms with E-state index in [9.17, 15) is 4.79 Å². The third kappa shape index (κ3) is 5.04. The first kappa shape index (κ1) is 16.9. The van der Waals surface area contributed by atoms with Gasteiger partial charge in [-0.05, 0) is 35.6 Å². The van der Waals surface area contributed by atoms with Crippen LogP contribution in [0.3, 0.4) is 0 Å². The zero-order valence-electron chi connectivity index (χ0n) is 12.5. The second-order valence-corrected chi connectivity index (χ2v) is 6.20. The standard InChI is InChI=1S/C18H19Cl2NO/c1-13(14-5-3-2-4-6-14)11-18(22)21-10-9-15-7-8-16(19)12-17(15)20/h2-8,12-13H,9-11H2,1H3,(H,21,22). The van der Waals surface area contributed by atoms with Gasteiger partial charge in [-0.3, -0.25) is 4.79 Å². The Bertz CT molecular complexity index is 628. The number of hydrogen-bond acceptors (Lipinski definition) is 1. The Kier molecular flexibility index (Phi) is 6.29. The summed E-state index contributed by atoms with van der Waals surface area (Å²) in [4.78, 5) is 12.0. The summed E-state index contributed by atoms with van der Waals surface area (Å²) in [6, 6.07) is 15.5. The van der Waals surface area contributed by atoms with Crippen LogP contribution >= 0.6 is 23.2 Å². The first-order valence-corrected chi connectivity index (χ1v) is 8.07. The molecule has 2 aromatic carbocycles. The molecule has 0 aliphatic carbocycles. The Morgan fingerprint density at radius 2 is 1.86 bits per heavy atom. The molecule has 4 heteroatoms. The van der Waals surface area contributed by atoms with Gasteiger partial charge in [-0.1, -0.05) is 66.5 Å². The first-order valence-electron chi connectivity index (χ1n) is 7.32. The maximum Gasteiger partial charge on any atom is 0.220 e. The van der Waals surface area contributed by atoms with Gasteiger partial charge in [0.25, 0.3) is 0 Å². The van der Waals surface area contributed by atoms with Gasteiger partial charge in [-0.15, -0.1) is 0 Å². The maximum atomic E-state index is 12.0. The van der Waals surface area contributed by atoms with E-state index in [4.69, 9.17) is 23.2 Å². The molecule has 0 aromatic heterocycles. The lowest BCUT2D eigenvalue weighted by Crippen LogP contribution is -2.26. The van der Waals surface area contributed by atoms with Crippen LogP contribution in [0.2, 0.25) is 10.0 Å². The molecule has 0 saturated carbocycles. The Labute approximate surface area is 141 Å². The van der Waals surface area contributed by atoms with Crippen molar-refractivity contribution in [2.45, 2.75) is 25.7 Å². The van der Waals surface area contributed by atoms with Gasteiger partial charge < -0.3 is 5.32 Å². The topological polar surface area (TPSA) is 29.1 Å². The summed E-state index contributed by atoms with van der Waals surface area (Å²) < 4.78 is 0. The molecule has 0 aliphatic heterocycles. The van der Waals surface area contributed by atoms with Gasteiger partial charge in [0.15, 0.2) is 0 Å². The molecular formula is C18H19Cl2NO. The van der Waals surface area contributed by atoms with Gasteiger partial charge >= 0.3 is 0 Å². The molecule has 2 rings (SSSR count). The average Bonchev–Trinajstić information content (AvgIpc) is 2.50. The molecule has 0 spiro atoms. The lowest BCUT2D eigenvalue weighted by Gasteiger charge is -2.12. The molecule has 0 aliphatic rings. The molecule has 0 radical (unpaired) electrons. The second kappa shape index (κ2) is 8.21. The molecule has 0 fully saturated rings. The van der Waals surface area contributed by atoms with Gasteiger partial charge in [-0.2, -0.15) is 0 Å². The Morgan fingerprint density at radius 3 is 2.55 bits per heavy atom. The minimum Gasteiger partial charge on any atom is -0.356 e. The summed E-state index contributed by atoms with van der Waals surface area (Å²) >= 11 is 12.0. The lowest BCUT2D eigenvalue weighted by molar-refractivity contribution is -0.121. The Hall–Kier alpha value is -1.51. The molecule has 116 valence electrons. The van der Waals surface area contributed by atoms with Crippen LogP contribution in [-0.4, -0.2) is 12.5 Å². The number of rotatable bonds is 6. The molecule has 1 N–H and O–H groups in total. The summed E-state index contributed by atoms with van der Waals surface area (Å²) in [5.74, 6) is 0.266. The zero-order chi connectivity index (χ0) is 15.9. The fourth-order valence-corrected chi connectivity index (χ4v) is 2.81. The van der Waals surface area contributed by atoms with Crippen LogP contribution in [0.25, 0.3) is 0 Å². The van der Waals surface area contributed by atoms with Crippen molar-refractivity contribution < 1.29 is 4.79 Å². The first-order chi connectivity index (χ1) is 10.6. The average molecular weight is 336 g/mol. The molecule has 2 aromatic rings. The number of hydrogen-bond donors (Lipinski definition) is 1. The van der Waals surface area contributed by atoms with Crippen molar-refractivity contribution in [3.05, 3.63) is 69.7 Å².